The van der Waals surface area contributed by atoms with E-state index in [9.17, 15) is 9.59 Å². The van der Waals surface area contributed by atoms with Crippen LogP contribution in [0.5, 0.6) is 0 Å². The van der Waals surface area contributed by atoms with Gasteiger partial charge in [0.1, 0.15) is 6.54 Å². The summed E-state index contributed by atoms with van der Waals surface area (Å²) in [5.41, 5.74) is 0.798. The molecule has 1 N–H and O–H groups in total. The fourth-order valence-corrected chi connectivity index (χ4v) is 1.26. The minimum atomic E-state index is -1.02. The second-order valence-corrected chi connectivity index (χ2v) is 3.37. The molecule has 5 nitrogen and oxygen atoms in total. The van der Waals surface area contributed by atoms with Crippen molar-refractivity contribution in [2.45, 2.75) is 6.92 Å². The van der Waals surface area contributed by atoms with E-state index in [1.807, 2.05) is 6.07 Å². The second-order valence-electron chi connectivity index (χ2n) is 3.37. The summed E-state index contributed by atoms with van der Waals surface area (Å²) >= 11 is 0. The van der Waals surface area contributed by atoms with Crippen molar-refractivity contribution in [1.29, 1.82) is 0 Å². The Morgan fingerprint density at radius 2 is 2.29 bits per heavy atom. The van der Waals surface area contributed by atoms with Gasteiger partial charge in [0, 0.05) is 25.0 Å². The van der Waals surface area contributed by atoms with Crippen LogP contribution in [0.25, 0.3) is 6.08 Å². The number of carboxylic acids is 1. The van der Waals surface area contributed by atoms with Crippen molar-refractivity contribution in [3.8, 4) is 0 Å². The summed E-state index contributed by atoms with van der Waals surface area (Å²) in [6.07, 6.45) is 6.22. The maximum absolute atomic E-state index is 11.6. The molecule has 5 heteroatoms. The van der Waals surface area contributed by atoms with Crippen LogP contribution in [0.15, 0.2) is 30.6 Å². The van der Waals surface area contributed by atoms with Crippen LogP contribution in [-0.2, 0) is 9.59 Å². The molecule has 0 aliphatic carbocycles. The van der Waals surface area contributed by atoms with Gasteiger partial charge in [-0.2, -0.15) is 0 Å². The monoisotopic (exact) mass is 234 g/mol. The van der Waals surface area contributed by atoms with Crippen LogP contribution in [0, 0.1) is 0 Å². The lowest BCUT2D eigenvalue weighted by Crippen LogP contribution is -2.34. The highest BCUT2D eigenvalue weighted by atomic mass is 16.4. The normalized spacial score (nSPS) is 10.4. The lowest BCUT2D eigenvalue weighted by Gasteiger charge is -2.15. The number of carbonyl (C=O) groups excluding carboxylic acids is 1. The number of pyridine rings is 1. The molecule has 0 radical (unpaired) electrons. The van der Waals surface area contributed by atoms with Crippen molar-refractivity contribution in [1.82, 2.24) is 9.88 Å². The van der Waals surface area contributed by atoms with Crippen molar-refractivity contribution in [2.24, 2.45) is 0 Å². The van der Waals surface area contributed by atoms with Crippen molar-refractivity contribution in [3.63, 3.8) is 0 Å². The number of hydrogen-bond acceptors (Lipinski definition) is 3. The molecule has 1 aromatic rings. The molecule has 0 unspecified atom stereocenters. The van der Waals surface area contributed by atoms with E-state index < -0.39 is 5.97 Å². The van der Waals surface area contributed by atoms with Gasteiger partial charge in [-0.05, 0) is 24.6 Å². The summed E-state index contributed by atoms with van der Waals surface area (Å²) in [6, 6.07) is 3.57. The molecule has 1 amide bonds. The number of amides is 1. The van der Waals surface area contributed by atoms with Gasteiger partial charge in [-0.25, -0.2) is 0 Å². The molecule has 0 aliphatic heterocycles. The first kappa shape index (κ1) is 12.9. The largest absolute Gasteiger partial charge is 0.480 e. The molecule has 1 aromatic heterocycles. The van der Waals surface area contributed by atoms with Crippen LogP contribution in [0.1, 0.15) is 12.5 Å². The molecule has 0 atom stereocenters. The van der Waals surface area contributed by atoms with Crippen LogP contribution in [0.3, 0.4) is 0 Å². The summed E-state index contributed by atoms with van der Waals surface area (Å²) < 4.78 is 0. The zero-order chi connectivity index (χ0) is 12.7. The zero-order valence-electron chi connectivity index (χ0n) is 9.54. The van der Waals surface area contributed by atoms with E-state index in [1.54, 1.807) is 31.5 Å². The van der Waals surface area contributed by atoms with Crippen LogP contribution < -0.4 is 0 Å². The Labute approximate surface area is 99.4 Å². The molecule has 1 heterocycles. The van der Waals surface area contributed by atoms with Gasteiger partial charge in [-0.3, -0.25) is 14.6 Å². The van der Waals surface area contributed by atoms with Crippen molar-refractivity contribution < 1.29 is 14.7 Å². The number of likely N-dealkylation sites (N-methyl/N-ethyl adjacent to an activating group) is 1. The summed E-state index contributed by atoms with van der Waals surface area (Å²) in [5.74, 6) is -1.34. The molecule has 0 bridgehead atoms. The third-order valence-corrected chi connectivity index (χ3v) is 2.12. The van der Waals surface area contributed by atoms with Crippen LogP contribution in [-0.4, -0.2) is 40.0 Å². The fourth-order valence-electron chi connectivity index (χ4n) is 1.26. The maximum Gasteiger partial charge on any atom is 0.323 e. The van der Waals surface area contributed by atoms with Crippen molar-refractivity contribution >= 4 is 18.0 Å². The predicted molar refractivity (Wildman–Crippen MR) is 63.2 cm³/mol. The number of aromatic nitrogens is 1. The molecule has 0 saturated heterocycles. The number of carboxylic acid groups (broad SMARTS) is 1. The Bertz CT molecular complexity index is 415. The van der Waals surface area contributed by atoms with Gasteiger partial charge in [-0.1, -0.05) is 6.07 Å². The molecular formula is C12H14N2O3. The summed E-state index contributed by atoms with van der Waals surface area (Å²) in [4.78, 5) is 27.3. The lowest BCUT2D eigenvalue weighted by molar-refractivity contribution is -0.142. The van der Waals surface area contributed by atoms with Gasteiger partial charge in [0.2, 0.25) is 5.91 Å². The molecular weight excluding hydrogens is 220 g/mol. The van der Waals surface area contributed by atoms with E-state index in [1.165, 1.54) is 11.0 Å². The third kappa shape index (κ3) is 4.46. The minimum absolute atomic E-state index is 0.285. The molecule has 0 aromatic carbocycles. The second kappa shape index (κ2) is 6.42. The van der Waals surface area contributed by atoms with Gasteiger partial charge >= 0.3 is 5.97 Å². The summed E-state index contributed by atoms with van der Waals surface area (Å²) in [7, 11) is 0. The van der Waals surface area contributed by atoms with E-state index >= 15 is 0 Å². The smallest absolute Gasteiger partial charge is 0.323 e. The molecule has 17 heavy (non-hydrogen) atoms. The summed E-state index contributed by atoms with van der Waals surface area (Å²) in [5, 5.41) is 8.62. The van der Waals surface area contributed by atoms with E-state index in [0.717, 1.165) is 5.56 Å². The minimum Gasteiger partial charge on any atom is -0.480 e. The lowest BCUT2D eigenvalue weighted by atomic mass is 10.2. The first-order chi connectivity index (χ1) is 8.13. The molecule has 0 saturated carbocycles. The number of nitrogens with zero attached hydrogens (tertiary/aromatic N) is 2. The maximum atomic E-state index is 11.6. The van der Waals surface area contributed by atoms with Crippen molar-refractivity contribution in [2.75, 3.05) is 13.1 Å². The van der Waals surface area contributed by atoms with E-state index in [2.05, 4.69) is 4.98 Å². The molecule has 0 spiro atoms. The number of carbonyl (C=O) groups is 2. The van der Waals surface area contributed by atoms with Gasteiger partial charge in [0.15, 0.2) is 0 Å². The Kier molecular flexibility index (Phi) is 4.87. The number of aliphatic carboxylic acids is 1. The standard InChI is InChI=1S/C12H14N2O3/c1-2-14(9-12(16)17)11(15)6-5-10-4-3-7-13-8-10/h3-8H,2,9H2,1H3,(H,16,17)/b6-5+. The van der Waals surface area contributed by atoms with Crippen LogP contribution >= 0.6 is 0 Å². The number of rotatable bonds is 5. The topological polar surface area (TPSA) is 70.5 Å². The number of hydrogen-bond donors (Lipinski definition) is 1. The molecule has 0 aliphatic rings. The zero-order valence-corrected chi connectivity index (χ0v) is 9.54. The van der Waals surface area contributed by atoms with Gasteiger partial charge in [0.05, 0.1) is 0 Å². The highest BCUT2D eigenvalue weighted by Crippen LogP contribution is 2.00. The highest BCUT2D eigenvalue weighted by molar-refractivity contribution is 5.93. The SMILES string of the molecule is CCN(CC(=O)O)C(=O)/C=C/c1cccnc1. The van der Waals surface area contributed by atoms with Gasteiger partial charge in [-0.15, -0.1) is 0 Å². The van der Waals surface area contributed by atoms with E-state index in [0.29, 0.717) is 6.54 Å². The van der Waals surface area contributed by atoms with Crippen molar-refractivity contribution in [3.05, 3.63) is 36.2 Å². The quantitative estimate of drug-likeness (QED) is 0.772. The van der Waals surface area contributed by atoms with Crippen LogP contribution in [0.4, 0.5) is 0 Å². The fraction of sp³-hybridized carbons (Fsp3) is 0.250. The Morgan fingerprint density at radius 1 is 1.53 bits per heavy atom. The highest BCUT2D eigenvalue weighted by Gasteiger charge is 2.11. The first-order valence-electron chi connectivity index (χ1n) is 5.22. The third-order valence-electron chi connectivity index (χ3n) is 2.12. The van der Waals surface area contributed by atoms with Gasteiger partial charge in [0.25, 0.3) is 0 Å². The predicted octanol–water partition coefficient (Wildman–Crippen LogP) is 1.03. The Balaban J connectivity index is 2.64. The summed E-state index contributed by atoms with van der Waals surface area (Å²) in [6.45, 7) is 1.81. The van der Waals surface area contributed by atoms with E-state index in [-0.39, 0.29) is 12.5 Å². The van der Waals surface area contributed by atoms with Gasteiger partial charge < -0.3 is 10.0 Å². The Morgan fingerprint density at radius 3 is 2.82 bits per heavy atom. The van der Waals surface area contributed by atoms with E-state index in [4.69, 9.17) is 5.11 Å². The molecule has 0 fully saturated rings. The molecule has 90 valence electrons. The molecule has 1 rings (SSSR count). The first-order valence-corrected chi connectivity index (χ1v) is 5.22. The average Bonchev–Trinajstić information content (AvgIpc) is 2.34. The van der Waals surface area contributed by atoms with Crippen LogP contribution in [0.2, 0.25) is 0 Å². The Hall–Kier alpha value is -2.17. The average molecular weight is 234 g/mol.